The SMILES string of the molecule is CNCc1ccc(CSc2nnc(C)n2C)o1. The van der Waals surface area contributed by atoms with Crippen LogP contribution in [0.4, 0.5) is 0 Å². The topological polar surface area (TPSA) is 55.9 Å². The Hall–Kier alpha value is -1.27. The van der Waals surface area contributed by atoms with Crippen molar-refractivity contribution in [3.05, 3.63) is 29.5 Å². The Morgan fingerprint density at radius 3 is 2.76 bits per heavy atom. The fourth-order valence-corrected chi connectivity index (χ4v) is 2.27. The molecule has 0 aliphatic carbocycles. The van der Waals surface area contributed by atoms with E-state index in [0.717, 1.165) is 34.8 Å². The van der Waals surface area contributed by atoms with Gasteiger partial charge in [0.25, 0.3) is 0 Å². The maximum atomic E-state index is 5.65. The summed E-state index contributed by atoms with van der Waals surface area (Å²) in [6.45, 7) is 2.70. The van der Waals surface area contributed by atoms with Gasteiger partial charge >= 0.3 is 0 Å². The van der Waals surface area contributed by atoms with Crippen molar-refractivity contribution in [1.82, 2.24) is 20.1 Å². The molecule has 2 heterocycles. The van der Waals surface area contributed by atoms with E-state index >= 15 is 0 Å². The van der Waals surface area contributed by atoms with Gasteiger partial charge in [-0.3, -0.25) is 0 Å². The summed E-state index contributed by atoms with van der Waals surface area (Å²) < 4.78 is 7.63. The molecule has 0 aliphatic rings. The monoisotopic (exact) mass is 252 g/mol. The van der Waals surface area contributed by atoms with Crippen molar-refractivity contribution in [2.24, 2.45) is 7.05 Å². The Bertz CT molecular complexity index is 491. The Balaban J connectivity index is 1.95. The van der Waals surface area contributed by atoms with Gasteiger partial charge in [-0.15, -0.1) is 10.2 Å². The molecule has 0 bridgehead atoms. The first-order valence-electron chi connectivity index (χ1n) is 5.41. The lowest BCUT2D eigenvalue weighted by Gasteiger charge is -1.99. The summed E-state index contributed by atoms with van der Waals surface area (Å²) in [4.78, 5) is 0. The largest absolute Gasteiger partial charge is 0.464 e. The number of nitrogens with zero attached hydrogens (tertiary/aromatic N) is 3. The Morgan fingerprint density at radius 2 is 2.12 bits per heavy atom. The van der Waals surface area contributed by atoms with Gasteiger partial charge in [0.05, 0.1) is 12.3 Å². The first-order valence-corrected chi connectivity index (χ1v) is 6.40. The van der Waals surface area contributed by atoms with E-state index in [0.29, 0.717) is 0 Å². The van der Waals surface area contributed by atoms with Crippen molar-refractivity contribution >= 4 is 11.8 Å². The number of aromatic nitrogens is 3. The molecule has 1 N–H and O–H groups in total. The van der Waals surface area contributed by atoms with Crippen LogP contribution >= 0.6 is 11.8 Å². The highest BCUT2D eigenvalue weighted by Crippen LogP contribution is 2.22. The normalized spacial score (nSPS) is 11.0. The van der Waals surface area contributed by atoms with Crippen LogP contribution in [0, 0.1) is 6.92 Å². The molecule has 0 atom stereocenters. The average molecular weight is 252 g/mol. The summed E-state index contributed by atoms with van der Waals surface area (Å²) in [5.41, 5.74) is 0. The molecule has 0 fully saturated rings. The van der Waals surface area contributed by atoms with Crippen molar-refractivity contribution in [1.29, 1.82) is 0 Å². The molecule has 2 rings (SSSR count). The zero-order valence-corrected chi connectivity index (χ0v) is 11.0. The molecule has 0 unspecified atom stereocenters. The van der Waals surface area contributed by atoms with Crippen LogP contribution in [0.3, 0.4) is 0 Å². The minimum atomic E-state index is 0.758. The van der Waals surface area contributed by atoms with Gasteiger partial charge in [-0.2, -0.15) is 0 Å². The van der Waals surface area contributed by atoms with Crippen molar-refractivity contribution in [2.75, 3.05) is 7.05 Å². The van der Waals surface area contributed by atoms with Crippen LogP contribution in [0.2, 0.25) is 0 Å². The Kier molecular flexibility index (Phi) is 3.86. The number of hydrogen-bond donors (Lipinski definition) is 1. The lowest BCUT2D eigenvalue weighted by molar-refractivity contribution is 0.468. The molecule has 92 valence electrons. The molecule has 6 heteroatoms. The molecule has 0 amide bonds. The third-order valence-corrected chi connectivity index (χ3v) is 3.51. The predicted molar refractivity (Wildman–Crippen MR) is 66.8 cm³/mol. The summed E-state index contributed by atoms with van der Waals surface area (Å²) in [5, 5.41) is 12.1. The second-order valence-electron chi connectivity index (χ2n) is 3.78. The highest BCUT2D eigenvalue weighted by molar-refractivity contribution is 7.98. The number of furan rings is 1. The van der Waals surface area contributed by atoms with Crippen LogP contribution in [0.25, 0.3) is 0 Å². The number of aryl methyl sites for hydroxylation is 1. The van der Waals surface area contributed by atoms with Crippen LogP contribution in [0.1, 0.15) is 17.3 Å². The first-order chi connectivity index (χ1) is 8.20. The van der Waals surface area contributed by atoms with Crippen molar-refractivity contribution in [2.45, 2.75) is 24.4 Å². The molecule has 0 spiro atoms. The van der Waals surface area contributed by atoms with E-state index in [-0.39, 0.29) is 0 Å². The van der Waals surface area contributed by atoms with E-state index in [9.17, 15) is 0 Å². The summed E-state index contributed by atoms with van der Waals surface area (Å²) in [6.07, 6.45) is 0. The molecule has 2 aromatic rings. The highest BCUT2D eigenvalue weighted by atomic mass is 32.2. The molecule has 0 aromatic carbocycles. The van der Waals surface area contributed by atoms with Crippen molar-refractivity contribution in [3.8, 4) is 0 Å². The fourth-order valence-electron chi connectivity index (χ4n) is 1.42. The number of rotatable bonds is 5. The van der Waals surface area contributed by atoms with Crippen LogP contribution in [-0.2, 0) is 19.3 Å². The maximum Gasteiger partial charge on any atom is 0.191 e. The summed E-state index contributed by atoms with van der Waals surface area (Å²) in [5.74, 6) is 3.61. The van der Waals surface area contributed by atoms with Gasteiger partial charge in [0.1, 0.15) is 17.3 Å². The fraction of sp³-hybridized carbons (Fsp3) is 0.455. The standard InChI is InChI=1S/C11H16N4OS/c1-8-13-14-11(15(8)3)17-7-10-5-4-9(16-10)6-12-2/h4-5,12H,6-7H2,1-3H3. The van der Waals surface area contributed by atoms with Gasteiger partial charge < -0.3 is 14.3 Å². The lowest BCUT2D eigenvalue weighted by atomic mass is 10.4. The van der Waals surface area contributed by atoms with Gasteiger partial charge in [0, 0.05) is 7.05 Å². The zero-order valence-electron chi connectivity index (χ0n) is 10.2. The highest BCUT2D eigenvalue weighted by Gasteiger charge is 2.07. The number of thioether (sulfide) groups is 1. The van der Waals surface area contributed by atoms with Crippen LogP contribution in [0.15, 0.2) is 21.7 Å². The second-order valence-corrected chi connectivity index (χ2v) is 4.72. The van der Waals surface area contributed by atoms with Crippen LogP contribution < -0.4 is 5.32 Å². The zero-order chi connectivity index (χ0) is 12.3. The van der Waals surface area contributed by atoms with E-state index < -0.39 is 0 Å². The summed E-state index contributed by atoms with van der Waals surface area (Å²) in [7, 11) is 3.87. The molecule has 0 saturated heterocycles. The summed E-state index contributed by atoms with van der Waals surface area (Å²) in [6, 6.07) is 4.00. The second kappa shape index (κ2) is 5.37. The molecule has 5 nitrogen and oxygen atoms in total. The molecule has 2 aromatic heterocycles. The predicted octanol–water partition coefficient (Wildman–Crippen LogP) is 1.73. The van der Waals surface area contributed by atoms with Gasteiger partial charge in [-0.25, -0.2) is 0 Å². The molecular formula is C11H16N4OS. The smallest absolute Gasteiger partial charge is 0.191 e. The van der Waals surface area contributed by atoms with E-state index in [1.165, 1.54) is 0 Å². The van der Waals surface area contributed by atoms with Crippen molar-refractivity contribution in [3.63, 3.8) is 0 Å². The molecule has 17 heavy (non-hydrogen) atoms. The van der Waals surface area contributed by atoms with Gasteiger partial charge in [0.15, 0.2) is 5.16 Å². The van der Waals surface area contributed by atoms with E-state index in [2.05, 4.69) is 15.5 Å². The first kappa shape index (κ1) is 12.2. The molecule has 0 saturated carbocycles. The lowest BCUT2D eigenvalue weighted by Crippen LogP contribution is -2.03. The number of nitrogens with one attached hydrogen (secondary N) is 1. The van der Waals surface area contributed by atoms with Gasteiger partial charge in [-0.1, -0.05) is 11.8 Å². The van der Waals surface area contributed by atoms with E-state index in [4.69, 9.17) is 4.42 Å². The van der Waals surface area contributed by atoms with Gasteiger partial charge in [-0.05, 0) is 26.1 Å². The maximum absolute atomic E-state index is 5.65. The van der Waals surface area contributed by atoms with E-state index in [1.54, 1.807) is 11.8 Å². The van der Waals surface area contributed by atoms with E-state index in [1.807, 2.05) is 37.7 Å². The Labute approximate surface area is 105 Å². The van der Waals surface area contributed by atoms with Crippen LogP contribution in [-0.4, -0.2) is 21.8 Å². The quantitative estimate of drug-likeness (QED) is 0.821. The third kappa shape index (κ3) is 2.89. The molecular weight excluding hydrogens is 236 g/mol. The van der Waals surface area contributed by atoms with Crippen molar-refractivity contribution < 1.29 is 4.42 Å². The van der Waals surface area contributed by atoms with Crippen LogP contribution in [0.5, 0.6) is 0 Å². The Morgan fingerprint density at radius 1 is 1.35 bits per heavy atom. The molecule has 0 aliphatic heterocycles. The minimum absolute atomic E-state index is 0.758. The van der Waals surface area contributed by atoms with Gasteiger partial charge in [0.2, 0.25) is 0 Å². The molecule has 0 radical (unpaired) electrons. The summed E-state index contributed by atoms with van der Waals surface area (Å²) >= 11 is 1.63. The average Bonchev–Trinajstić information content (AvgIpc) is 2.87. The third-order valence-electron chi connectivity index (χ3n) is 2.46. The minimum Gasteiger partial charge on any atom is -0.464 e. The number of hydrogen-bond acceptors (Lipinski definition) is 5.